The zero-order chi connectivity index (χ0) is 14.8. The molecule has 1 fully saturated rings. The highest BCUT2D eigenvalue weighted by Gasteiger charge is 2.19. The Labute approximate surface area is 132 Å². The van der Waals surface area contributed by atoms with E-state index in [1.54, 1.807) is 16.8 Å². The molecule has 2 heterocycles. The molecule has 0 saturated carbocycles. The number of hydrogen-bond acceptors (Lipinski definition) is 5. The van der Waals surface area contributed by atoms with E-state index in [1.165, 1.54) is 6.42 Å². The topological polar surface area (TPSA) is 78.9 Å². The van der Waals surface area contributed by atoms with Gasteiger partial charge in [0, 0.05) is 12.2 Å². The highest BCUT2D eigenvalue weighted by Crippen LogP contribution is 2.33. The number of anilines is 1. The maximum atomic E-state index is 6.07. The third-order valence-corrected chi connectivity index (χ3v) is 4.31. The molecule has 1 aromatic carbocycles. The van der Waals surface area contributed by atoms with Crippen LogP contribution in [0.1, 0.15) is 19.3 Å². The van der Waals surface area contributed by atoms with Gasteiger partial charge in [-0.1, -0.05) is 23.2 Å². The number of benzene rings is 1. The monoisotopic (exact) mass is 327 g/mol. The van der Waals surface area contributed by atoms with E-state index in [-0.39, 0.29) is 6.10 Å². The zero-order valence-electron chi connectivity index (χ0n) is 11.3. The van der Waals surface area contributed by atoms with E-state index in [4.69, 9.17) is 33.7 Å². The molecular formula is C13H15Cl2N5O. The second-order valence-corrected chi connectivity index (χ2v) is 5.82. The van der Waals surface area contributed by atoms with Crippen molar-refractivity contribution in [1.82, 2.24) is 20.2 Å². The van der Waals surface area contributed by atoms with Crippen molar-refractivity contribution in [1.29, 1.82) is 0 Å². The normalized spacial score (nSPS) is 18.9. The Morgan fingerprint density at radius 3 is 2.90 bits per heavy atom. The molecule has 1 saturated heterocycles. The molecule has 1 atom stereocenters. The number of tetrazole rings is 1. The number of halogens is 2. The lowest BCUT2D eigenvalue weighted by atomic mass is 10.1. The second-order valence-electron chi connectivity index (χ2n) is 5.03. The number of hydrogen-bond donors (Lipinski definition) is 1. The van der Waals surface area contributed by atoms with Gasteiger partial charge in [-0.05, 0) is 41.8 Å². The van der Waals surface area contributed by atoms with Crippen LogP contribution in [-0.2, 0) is 11.3 Å². The van der Waals surface area contributed by atoms with Crippen molar-refractivity contribution in [3.63, 3.8) is 0 Å². The van der Waals surface area contributed by atoms with Crippen molar-refractivity contribution in [2.45, 2.75) is 31.9 Å². The van der Waals surface area contributed by atoms with Crippen LogP contribution in [0.3, 0.4) is 0 Å². The van der Waals surface area contributed by atoms with Gasteiger partial charge in [0.15, 0.2) is 5.82 Å². The van der Waals surface area contributed by atoms with E-state index < -0.39 is 0 Å². The first-order valence-electron chi connectivity index (χ1n) is 6.78. The zero-order valence-corrected chi connectivity index (χ0v) is 12.8. The molecule has 1 aliphatic heterocycles. The lowest BCUT2D eigenvalue weighted by Crippen LogP contribution is -2.25. The first-order chi connectivity index (χ1) is 10.1. The molecule has 0 amide bonds. The molecule has 1 aromatic heterocycles. The number of nitrogens with zero attached hydrogens (tertiary/aromatic N) is 4. The van der Waals surface area contributed by atoms with Crippen molar-refractivity contribution in [2.24, 2.45) is 0 Å². The molecular weight excluding hydrogens is 313 g/mol. The summed E-state index contributed by atoms with van der Waals surface area (Å²) in [6.07, 6.45) is 3.44. The van der Waals surface area contributed by atoms with Crippen molar-refractivity contribution in [3.8, 4) is 11.4 Å². The summed E-state index contributed by atoms with van der Waals surface area (Å²) in [7, 11) is 0. The van der Waals surface area contributed by atoms with Gasteiger partial charge in [-0.2, -0.15) is 0 Å². The van der Waals surface area contributed by atoms with Crippen LogP contribution in [0.4, 0.5) is 5.69 Å². The number of ether oxygens (including phenoxy) is 1. The van der Waals surface area contributed by atoms with Gasteiger partial charge in [0.2, 0.25) is 0 Å². The Kier molecular flexibility index (Phi) is 4.28. The summed E-state index contributed by atoms with van der Waals surface area (Å²) in [6.45, 7) is 1.41. The molecule has 2 N–H and O–H groups in total. The number of nitrogens with two attached hydrogens (primary N) is 1. The van der Waals surface area contributed by atoms with Gasteiger partial charge in [0.25, 0.3) is 0 Å². The fourth-order valence-corrected chi connectivity index (χ4v) is 2.75. The maximum absolute atomic E-state index is 6.07. The Morgan fingerprint density at radius 1 is 1.33 bits per heavy atom. The molecule has 0 aliphatic carbocycles. The van der Waals surface area contributed by atoms with Gasteiger partial charge in [-0.15, -0.1) is 5.10 Å². The predicted octanol–water partition coefficient (Wildman–Crippen LogP) is 2.80. The average molecular weight is 328 g/mol. The minimum Gasteiger partial charge on any atom is -0.397 e. The Hall–Kier alpha value is -1.37. The highest BCUT2D eigenvalue weighted by molar-refractivity contribution is 6.43. The fourth-order valence-electron chi connectivity index (χ4n) is 2.42. The largest absolute Gasteiger partial charge is 0.397 e. The number of aromatic nitrogens is 4. The van der Waals surface area contributed by atoms with Gasteiger partial charge < -0.3 is 10.5 Å². The Balaban J connectivity index is 1.88. The quantitative estimate of drug-likeness (QED) is 0.877. The molecule has 0 bridgehead atoms. The third kappa shape index (κ3) is 3.12. The summed E-state index contributed by atoms with van der Waals surface area (Å²) in [6, 6.07) is 3.43. The predicted molar refractivity (Wildman–Crippen MR) is 81.3 cm³/mol. The van der Waals surface area contributed by atoms with Gasteiger partial charge in [0.05, 0.1) is 28.4 Å². The lowest BCUT2D eigenvalue weighted by molar-refractivity contribution is 0.00397. The Bertz CT molecular complexity index is 616. The van der Waals surface area contributed by atoms with Crippen LogP contribution in [0.25, 0.3) is 11.4 Å². The molecule has 2 aromatic rings. The molecule has 3 rings (SSSR count). The highest BCUT2D eigenvalue weighted by atomic mass is 35.5. The molecule has 0 radical (unpaired) electrons. The fraction of sp³-hybridized carbons (Fsp3) is 0.462. The summed E-state index contributed by atoms with van der Waals surface area (Å²) in [5.74, 6) is 0.606. The minimum absolute atomic E-state index is 0.140. The van der Waals surface area contributed by atoms with Crippen molar-refractivity contribution < 1.29 is 4.74 Å². The van der Waals surface area contributed by atoms with Crippen LogP contribution in [0.15, 0.2) is 12.1 Å². The first kappa shape index (κ1) is 14.6. The summed E-state index contributed by atoms with van der Waals surface area (Å²) in [5, 5.41) is 12.5. The molecule has 112 valence electrons. The van der Waals surface area contributed by atoms with Gasteiger partial charge >= 0.3 is 0 Å². The number of nitrogen functional groups attached to an aromatic ring is 1. The summed E-state index contributed by atoms with van der Waals surface area (Å²) >= 11 is 12.0. The van der Waals surface area contributed by atoms with Crippen LogP contribution in [-0.4, -0.2) is 32.9 Å². The second kappa shape index (κ2) is 6.17. The van der Waals surface area contributed by atoms with Crippen LogP contribution < -0.4 is 5.73 Å². The first-order valence-corrected chi connectivity index (χ1v) is 7.53. The molecule has 1 aliphatic rings. The van der Waals surface area contributed by atoms with E-state index in [0.717, 1.165) is 25.0 Å². The van der Waals surface area contributed by atoms with Gasteiger partial charge in [0.1, 0.15) is 0 Å². The van der Waals surface area contributed by atoms with Crippen molar-refractivity contribution in [2.75, 3.05) is 12.3 Å². The van der Waals surface area contributed by atoms with E-state index in [0.29, 0.717) is 28.1 Å². The van der Waals surface area contributed by atoms with Gasteiger partial charge in [-0.25, -0.2) is 4.68 Å². The third-order valence-electron chi connectivity index (χ3n) is 3.50. The van der Waals surface area contributed by atoms with Crippen LogP contribution in [0, 0.1) is 0 Å². The number of rotatable bonds is 3. The van der Waals surface area contributed by atoms with E-state index in [9.17, 15) is 0 Å². The molecule has 21 heavy (non-hydrogen) atoms. The summed E-state index contributed by atoms with van der Waals surface area (Å²) < 4.78 is 7.44. The van der Waals surface area contributed by atoms with Crippen LogP contribution in [0.2, 0.25) is 10.0 Å². The smallest absolute Gasteiger partial charge is 0.182 e. The molecule has 8 heteroatoms. The molecule has 6 nitrogen and oxygen atoms in total. The standard InChI is InChI=1S/C13H15Cl2N5O/c14-10-5-8(6-11(16)12(10)15)13-17-18-19-20(13)7-9-3-1-2-4-21-9/h5-6,9H,1-4,7,16H2. The van der Waals surface area contributed by atoms with Crippen molar-refractivity contribution in [3.05, 3.63) is 22.2 Å². The molecule has 0 spiro atoms. The summed E-state index contributed by atoms with van der Waals surface area (Å²) in [4.78, 5) is 0. The van der Waals surface area contributed by atoms with Gasteiger partial charge in [-0.3, -0.25) is 0 Å². The van der Waals surface area contributed by atoms with E-state index in [1.807, 2.05) is 0 Å². The summed E-state index contributed by atoms with van der Waals surface area (Å²) in [5.41, 5.74) is 6.99. The Morgan fingerprint density at radius 2 is 2.19 bits per heavy atom. The molecule has 1 unspecified atom stereocenters. The van der Waals surface area contributed by atoms with Crippen LogP contribution >= 0.6 is 23.2 Å². The van der Waals surface area contributed by atoms with E-state index >= 15 is 0 Å². The van der Waals surface area contributed by atoms with Crippen LogP contribution in [0.5, 0.6) is 0 Å². The van der Waals surface area contributed by atoms with Crippen molar-refractivity contribution >= 4 is 28.9 Å². The lowest BCUT2D eigenvalue weighted by Gasteiger charge is -2.22. The SMILES string of the molecule is Nc1cc(-c2nnnn2CC2CCCCO2)cc(Cl)c1Cl. The minimum atomic E-state index is 0.140. The average Bonchev–Trinajstić information content (AvgIpc) is 2.93. The van der Waals surface area contributed by atoms with E-state index in [2.05, 4.69) is 15.5 Å². The maximum Gasteiger partial charge on any atom is 0.182 e.